The number of nitrogens with one attached hydrogen (secondary N) is 1. The van der Waals surface area contributed by atoms with Crippen molar-refractivity contribution in [2.24, 2.45) is 11.7 Å². The number of fused-ring (bicyclic) bond motifs is 1. The highest BCUT2D eigenvalue weighted by molar-refractivity contribution is 6.31. The van der Waals surface area contributed by atoms with E-state index in [-0.39, 0.29) is 23.6 Å². The Bertz CT molecular complexity index is 1130. The molecule has 1 atom stereocenters. The quantitative estimate of drug-likeness (QED) is 0.607. The molecule has 0 radical (unpaired) electrons. The summed E-state index contributed by atoms with van der Waals surface area (Å²) >= 11 is 6.20. The highest BCUT2D eigenvalue weighted by Gasteiger charge is 2.29. The molecule has 29 heavy (non-hydrogen) atoms. The van der Waals surface area contributed by atoms with Crippen molar-refractivity contribution in [1.82, 2.24) is 9.88 Å². The lowest BCUT2D eigenvalue weighted by Gasteiger charge is -2.35. The Morgan fingerprint density at radius 3 is 2.76 bits per heavy atom. The van der Waals surface area contributed by atoms with Gasteiger partial charge in [0.2, 0.25) is 0 Å². The molecule has 8 heteroatoms. The number of amides is 1. The average molecular weight is 416 g/mol. The van der Waals surface area contributed by atoms with Gasteiger partial charge in [-0.05, 0) is 61.6 Å². The number of aromatic amines is 1. The SMILES string of the molecule is Cc1cc(O)c(C(N)C2CCN(C(=O)c3ccc4oc(=O)[nH]c4c3)CC2)cc1Cl. The number of piperidine rings is 1. The van der Waals surface area contributed by atoms with E-state index in [1.165, 1.54) is 0 Å². The fourth-order valence-electron chi connectivity index (χ4n) is 3.93. The van der Waals surface area contributed by atoms with E-state index in [2.05, 4.69) is 4.98 Å². The van der Waals surface area contributed by atoms with Crippen LogP contribution in [-0.4, -0.2) is 34.0 Å². The molecule has 0 saturated carbocycles. The zero-order chi connectivity index (χ0) is 20.7. The van der Waals surface area contributed by atoms with Crippen LogP contribution >= 0.6 is 11.6 Å². The third kappa shape index (κ3) is 3.75. The molecule has 1 unspecified atom stereocenters. The largest absolute Gasteiger partial charge is 0.508 e. The molecule has 152 valence electrons. The highest BCUT2D eigenvalue weighted by Crippen LogP contribution is 2.36. The fourth-order valence-corrected chi connectivity index (χ4v) is 4.10. The lowest BCUT2D eigenvalue weighted by atomic mass is 9.85. The molecule has 0 aliphatic carbocycles. The van der Waals surface area contributed by atoms with E-state index >= 15 is 0 Å². The normalized spacial score (nSPS) is 16.3. The van der Waals surface area contributed by atoms with E-state index < -0.39 is 5.76 Å². The number of hydrogen-bond acceptors (Lipinski definition) is 5. The molecular weight excluding hydrogens is 394 g/mol. The van der Waals surface area contributed by atoms with Crippen molar-refractivity contribution in [3.05, 3.63) is 62.6 Å². The number of H-pyrrole nitrogens is 1. The van der Waals surface area contributed by atoms with Crippen molar-refractivity contribution in [3.63, 3.8) is 0 Å². The number of benzene rings is 2. The number of carbonyl (C=O) groups is 1. The van der Waals surface area contributed by atoms with Crippen LogP contribution in [0.5, 0.6) is 5.75 Å². The first-order valence-corrected chi connectivity index (χ1v) is 9.88. The summed E-state index contributed by atoms with van der Waals surface area (Å²) in [5.41, 5.74) is 9.29. The number of aromatic nitrogens is 1. The maximum absolute atomic E-state index is 12.8. The summed E-state index contributed by atoms with van der Waals surface area (Å²) in [6.45, 7) is 2.97. The Morgan fingerprint density at radius 1 is 1.31 bits per heavy atom. The number of oxazole rings is 1. The Kier molecular flexibility index (Phi) is 5.10. The van der Waals surface area contributed by atoms with Crippen molar-refractivity contribution in [2.75, 3.05) is 13.1 Å². The predicted octanol–water partition coefficient (Wildman–Crippen LogP) is 3.34. The molecule has 2 heterocycles. The number of phenolic OH excluding ortho intramolecular Hbond substituents is 1. The first kappa shape index (κ1) is 19.5. The molecule has 1 fully saturated rings. The summed E-state index contributed by atoms with van der Waals surface area (Å²) in [7, 11) is 0. The number of likely N-dealkylation sites (tertiary alicyclic amines) is 1. The van der Waals surface area contributed by atoms with Gasteiger partial charge in [0.1, 0.15) is 5.75 Å². The average Bonchev–Trinajstić information content (AvgIpc) is 3.09. The zero-order valence-corrected chi connectivity index (χ0v) is 16.7. The standard InChI is InChI=1S/C21H22ClN3O4/c1-11-8-17(26)14(10-15(11)22)19(23)12-4-6-25(7-5-12)20(27)13-2-3-18-16(9-13)24-21(28)29-18/h2-3,8-10,12,19,26H,4-7,23H2,1H3,(H,24,28). The maximum atomic E-state index is 12.8. The minimum atomic E-state index is -0.543. The van der Waals surface area contributed by atoms with Crippen LogP contribution in [0.15, 0.2) is 39.5 Å². The van der Waals surface area contributed by atoms with Crippen molar-refractivity contribution < 1.29 is 14.3 Å². The van der Waals surface area contributed by atoms with E-state index in [1.807, 2.05) is 6.92 Å². The van der Waals surface area contributed by atoms with Gasteiger partial charge in [-0.25, -0.2) is 4.79 Å². The van der Waals surface area contributed by atoms with E-state index in [4.69, 9.17) is 21.8 Å². The fraction of sp³-hybridized carbons (Fsp3) is 0.333. The monoisotopic (exact) mass is 415 g/mol. The number of aromatic hydroxyl groups is 1. The molecular formula is C21H22ClN3O4. The van der Waals surface area contributed by atoms with Gasteiger partial charge in [0, 0.05) is 35.3 Å². The maximum Gasteiger partial charge on any atom is 0.417 e. The van der Waals surface area contributed by atoms with E-state index in [1.54, 1.807) is 35.2 Å². The molecule has 0 bridgehead atoms. The number of halogens is 1. The topological polar surface area (TPSA) is 113 Å². The number of rotatable bonds is 3. The van der Waals surface area contributed by atoms with Gasteiger partial charge in [-0.2, -0.15) is 0 Å². The molecule has 7 nitrogen and oxygen atoms in total. The second kappa shape index (κ2) is 7.57. The van der Waals surface area contributed by atoms with Crippen LogP contribution in [0.25, 0.3) is 11.1 Å². The highest BCUT2D eigenvalue weighted by atomic mass is 35.5. The molecule has 0 spiro atoms. The van der Waals surface area contributed by atoms with Crippen molar-refractivity contribution >= 4 is 28.6 Å². The summed E-state index contributed by atoms with van der Waals surface area (Å²) in [5.74, 6) is -0.349. The molecule has 1 aliphatic rings. The van der Waals surface area contributed by atoms with Gasteiger partial charge in [-0.3, -0.25) is 9.78 Å². The molecule has 1 aliphatic heterocycles. The minimum Gasteiger partial charge on any atom is -0.508 e. The second-order valence-corrected chi connectivity index (χ2v) is 7.95. The molecule has 2 aromatic carbocycles. The van der Waals surface area contributed by atoms with Gasteiger partial charge in [0.15, 0.2) is 5.58 Å². The number of nitrogens with zero attached hydrogens (tertiary/aromatic N) is 1. The zero-order valence-electron chi connectivity index (χ0n) is 15.9. The van der Waals surface area contributed by atoms with E-state index in [0.717, 1.165) is 18.4 Å². The number of nitrogens with two attached hydrogens (primary N) is 1. The number of phenols is 1. The second-order valence-electron chi connectivity index (χ2n) is 7.54. The van der Waals surface area contributed by atoms with Crippen molar-refractivity contribution in [2.45, 2.75) is 25.8 Å². The van der Waals surface area contributed by atoms with Gasteiger partial charge in [0.05, 0.1) is 5.52 Å². The first-order valence-electron chi connectivity index (χ1n) is 9.50. The minimum absolute atomic E-state index is 0.0952. The summed E-state index contributed by atoms with van der Waals surface area (Å²) < 4.78 is 4.98. The Hall–Kier alpha value is -2.77. The van der Waals surface area contributed by atoms with Gasteiger partial charge in [0.25, 0.3) is 5.91 Å². The molecule has 4 N–H and O–H groups in total. The third-order valence-electron chi connectivity index (χ3n) is 5.67. The van der Waals surface area contributed by atoms with E-state index in [9.17, 15) is 14.7 Å². The van der Waals surface area contributed by atoms with Crippen LogP contribution in [0.4, 0.5) is 0 Å². The molecule has 3 aromatic rings. The Morgan fingerprint density at radius 2 is 2.03 bits per heavy atom. The van der Waals surface area contributed by atoms with Crippen LogP contribution in [-0.2, 0) is 0 Å². The van der Waals surface area contributed by atoms with Gasteiger partial charge >= 0.3 is 5.76 Å². The van der Waals surface area contributed by atoms with Crippen LogP contribution in [0.3, 0.4) is 0 Å². The lowest BCUT2D eigenvalue weighted by molar-refractivity contribution is 0.0677. The summed E-state index contributed by atoms with van der Waals surface area (Å²) in [6.07, 6.45) is 1.45. The summed E-state index contributed by atoms with van der Waals surface area (Å²) in [5, 5.41) is 10.8. The Balaban J connectivity index is 1.45. The van der Waals surface area contributed by atoms with Gasteiger partial charge in [-0.1, -0.05) is 11.6 Å². The van der Waals surface area contributed by atoms with E-state index in [0.29, 0.717) is 40.3 Å². The third-order valence-corrected chi connectivity index (χ3v) is 6.07. The molecule has 1 saturated heterocycles. The number of hydrogen-bond donors (Lipinski definition) is 3. The summed E-state index contributed by atoms with van der Waals surface area (Å²) in [4.78, 5) is 28.5. The van der Waals surface area contributed by atoms with Crippen LogP contribution in [0.2, 0.25) is 5.02 Å². The van der Waals surface area contributed by atoms with Crippen LogP contribution in [0, 0.1) is 12.8 Å². The molecule has 1 amide bonds. The van der Waals surface area contributed by atoms with Crippen molar-refractivity contribution in [3.8, 4) is 5.75 Å². The van der Waals surface area contributed by atoms with Gasteiger partial charge < -0.3 is 20.2 Å². The predicted molar refractivity (Wildman–Crippen MR) is 110 cm³/mol. The number of aryl methyl sites for hydroxylation is 1. The molecule has 4 rings (SSSR count). The smallest absolute Gasteiger partial charge is 0.417 e. The van der Waals surface area contributed by atoms with Crippen molar-refractivity contribution in [1.29, 1.82) is 0 Å². The van der Waals surface area contributed by atoms with Gasteiger partial charge in [-0.15, -0.1) is 0 Å². The van der Waals surface area contributed by atoms with Crippen LogP contribution in [0.1, 0.15) is 40.4 Å². The first-order chi connectivity index (χ1) is 13.8. The Labute approximate surface area is 172 Å². The molecule has 1 aromatic heterocycles. The lowest BCUT2D eigenvalue weighted by Crippen LogP contribution is -2.41. The number of carbonyl (C=O) groups excluding carboxylic acids is 1. The van der Waals surface area contributed by atoms with Crippen LogP contribution < -0.4 is 11.5 Å². The summed E-state index contributed by atoms with van der Waals surface area (Å²) in [6, 6.07) is 7.92.